The monoisotopic (exact) mass is 838 g/mol. The molecule has 0 aliphatic rings. The molecule has 318 valence electrons. The Morgan fingerprint density at radius 1 is 0.339 bits per heavy atom. The standard InChI is InChI=1S/C50H46O12/c51-31-39-17-5-1-13-35(39)21-9-25-59-47(55)43-29-45(49(57)61-27-11-23-37-15-3-7-19-41(37)33-53)46(50(58)62-28-12-24-38-16-4-8-20-42(38)34-54)30-44(43)48(56)60-26-10-22-36-14-2-6-18-40(36)32-52/h1-8,13-20,29-34H,9-12,21-28H2. The van der Waals surface area contributed by atoms with Crippen LogP contribution in [0.2, 0.25) is 0 Å². The lowest BCUT2D eigenvalue weighted by Gasteiger charge is -2.16. The summed E-state index contributed by atoms with van der Waals surface area (Å²) in [6.45, 7) is -0.461. The molecule has 12 heteroatoms. The Bertz CT molecular complexity index is 2070. The zero-order valence-corrected chi connectivity index (χ0v) is 34.1. The molecule has 0 N–H and O–H groups in total. The minimum atomic E-state index is -0.978. The Balaban J connectivity index is 1.39. The van der Waals surface area contributed by atoms with Crippen LogP contribution >= 0.6 is 0 Å². The highest BCUT2D eigenvalue weighted by Crippen LogP contribution is 2.24. The summed E-state index contributed by atoms with van der Waals surface area (Å²) in [7, 11) is 0. The molecule has 5 aromatic carbocycles. The Hall–Kier alpha value is -7.34. The molecular formula is C50H46O12. The number of carbonyl (C=O) groups excluding carboxylic acids is 8. The topological polar surface area (TPSA) is 173 Å². The van der Waals surface area contributed by atoms with Crippen LogP contribution in [0.1, 0.15) is 131 Å². The molecule has 0 saturated carbocycles. The number of hydrogen-bond donors (Lipinski definition) is 0. The number of benzene rings is 5. The van der Waals surface area contributed by atoms with Gasteiger partial charge in [0.15, 0.2) is 0 Å². The fourth-order valence-corrected chi connectivity index (χ4v) is 6.80. The number of rotatable bonds is 24. The third-order valence-corrected chi connectivity index (χ3v) is 10.1. The molecule has 0 spiro atoms. The summed E-state index contributed by atoms with van der Waals surface area (Å²) in [5.74, 6) is -3.91. The van der Waals surface area contributed by atoms with Crippen LogP contribution < -0.4 is 0 Å². The maximum Gasteiger partial charge on any atom is 0.339 e. The first-order chi connectivity index (χ1) is 30.3. The predicted molar refractivity (Wildman–Crippen MR) is 228 cm³/mol. The summed E-state index contributed by atoms with van der Waals surface area (Å²) in [4.78, 5) is 101. The predicted octanol–water partition coefficient (Wildman–Crippen LogP) is 8.10. The second kappa shape index (κ2) is 24.0. The van der Waals surface area contributed by atoms with Crippen molar-refractivity contribution in [1.82, 2.24) is 0 Å². The lowest BCUT2D eigenvalue weighted by Crippen LogP contribution is -2.21. The number of ether oxygens (including phenoxy) is 4. The van der Waals surface area contributed by atoms with Crippen LogP contribution in [0.5, 0.6) is 0 Å². The van der Waals surface area contributed by atoms with E-state index in [2.05, 4.69) is 0 Å². The third kappa shape index (κ3) is 12.8. The van der Waals surface area contributed by atoms with E-state index < -0.39 is 23.9 Å². The second-order valence-electron chi connectivity index (χ2n) is 14.2. The van der Waals surface area contributed by atoms with Gasteiger partial charge in [-0.05, 0) is 85.8 Å². The molecule has 0 heterocycles. The highest BCUT2D eigenvalue weighted by atomic mass is 16.5. The van der Waals surface area contributed by atoms with Crippen LogP contribution in [-0.2, 0) is 44.6 Å². The van der Waals surface area contributed by atoms with E-state index in [4.69, 9.17) is 18.9 Å². The molecule has 0 amide bonds. The van der Waals surface area contributed by atoms with Gasteiger partial charge in [0.2, 0.25) is 0 Å². The second-order valence-corrected chi connectivity index (χ2v) is 14.2. The van der Waals surface area contributed by atoms with Gasteiger partial charge in [-0.1, -0.05) is 97.1 Å². The number of aldehydes is 4. The normalized spacial score (nSPS) is 10.6. The van der Waals surface area contributed by atoms with Gasteiger partial charge in [-0.2, -0.15) is 0 Å². The highest BCUT2D eigenvalue weighted by molar-refractivity contribution is 6.10. The summed E-state index contributed by atoms with van der Waals surface area (Å²) in [6.07, 6.45) is 5.88. The molecule has 5 aromatic rings. The molecule has 0 saturated heterocycles. The number of esters is 4. The molecule has 0 bridgehead atoms. The molecule has 0 aromatic heterocycles. The Morgan fingerprint density at radius 3 is 0.758 bits per heavy atom. The van der Waals surface area contributed by atoms with E-state index in [1.54, 1.807) is 97.1 Å². The van der Waals surface area contributed by atoms with Gasteiger partial charge in [0.25, 0.3) is 0 Å². The van der Waals surface area contributed by atoms with Crippen LogP contribution in [0.25, 0.3) is 0 Å². The fraction of sp³-hybridized carbons (Fsp3) is 0.240. The minimum Gasteiger partial charge on any atom is -0.462 e. The van der Waals surface area contributed by atoms with Crippen molar-refractivity contribution in [3.05, 3.63) is 176 Å². The van der Waals surface area contributed by atoms with Crippen molar-refractivity contribution in [2.75, 3.05) is 26.4 Å². The van der Waals surface area contributed by atoms with Crippen molar-refractivity contribution in [1.29, 1.82) is 0 Å². The van der Waals surface area contributed by atoms with Crippen molar-refractivity contribution in [2.45, 2.75) is 51.4 Å². The summed E-state index contributed by atoms with van der Waals surface area (Å²) < 4.78 is 22.3. The average molecular weight is 839 g/mol. The van der Waals surface area contributed by atoms with Gasteiger partial charge in [0.1, 0.15) is 25.1 Å². The molecule has 0 atom stereocenters. The van der Waals surface area contributed by atoms with Gasteiger partial charge in [-0.3, -0.25) is 19.2 Å². The van der Waals surface area contributed by atoms with Crippen molar-refractivity contribution < 1.29 is 57.3 Å². The molecule has 0 unspecified atom stereocenters. The maximum atomic E-state index is 13.8. The number of hydrogen-bond acceptors (Lipinski definition) is 12. The molecule has 0 aliphatic carbocycles. The van der Waals surface area contributed by atoms with E-state index in [9.17, 15) is 38.4 Å². The van der Waals surface area contributed by atoms with Crippen LogP contribution in [0, 0.1) is 0 Å². The van der Waals surface area contributed by atoms with Gasteiger partial charge in [0, 0.05) is 22.3 Å². The van der Waals surface area contributed by atoms with Gasteiger partial charge in [0.05, 0.1) is 48.7 Å². The van der Waals surface area contributed by atoms with Crippen LogP contribution in [0.4, 0.5) is 0 Å². The summed E-state index contributed by atoms with van der Waals surface area (Å²) >= 11 is 0. The van der Waals surface area contributed by atoms with Crippen LogP contribution in [0.15, 0.2) is 109 Å². The number of carbonyl (C=O) groups is 8. The first-order valence-corrected chi connectivity index (χ1v) is 20.3. The van der Waals surface area contributed by atoms with E-state index in [1.165, 1.54) is 0 Å². The summed E-state index contributed by atoms with van der Waals surface area (Å²) in [5.41, 5.74) is 3.61. The van der Waals surface area contributed by atoms with Gasteiger partial charge in [-0.15, -0.1) is 0 Å². The van der Waals surface area contributed by atoms with Gasteiger partial charge < -0.3 is 18.9 Å². The average Bonchev–Trinajstić information content (AvgIpc) is 3.31. The van der Waals surface area contributed by atoms with Crippen LogP contribution in [-0.4, -0.2) is 75.4 Å². The third-order valence-electron chi connectivity index (χ3n) is 10.1. The summed E-state index contributed by atoms with van der Waals surface area (Å²) in [6, 6.07) is 30.1. The largest absolute Gasteiger partial charge is 0.462 e. The smallest absolute Gasteiger partial charge is 0.339 e. The van der Waals surface area contributed by atoms with E-state index in [0.29, 0.717) is 73.6 Å². The maximum absolute atomic E-state index is 13.8. The minimum absolute atomic E-state index is 0.115. The molecule has 62 heavy (non-hydrogen) atoms. The van der Waals surface area contributed by atoms with Crippen molar-refractivity contribution >= 4 is 49.0 Å². The molecule has 5 rings (SSSR count). The molecule has 0 fully saturated rings. The molecular weight excluding hydrogens is 793 g/mol. The van der Waals surface area contributed by atoms with Crippen LogP contribution in [0.3, 0.4) is 0 Å². The molecule has 0 radical (unpaired) electrons. The van der Waals surface area contributed by atoms with E-state index >= 15 is 0 Å². The summed E-state index contributed by atoms with van der Waals surface area (Å²) in [5, 5.41) is 0. The molecule has 0 aliphatic heterocycles. The van der Waals surface area contributed by atoms with Crippen molar-refractivity contribution in [2.24, 2.45) is 0 Å². The Morgan fingerprint density at radius 2 is 0.548 bits per heavy atom. The van der Waals surface area contributed by atoms with Gasteiger partial charge >= 0.3 is 23.9 Å². The van der Waals surface area contributed by atoms with E-state index in [0.717, 1.165) is 59.5 Å². The quantitative estimate of drug-likeness (QED) is 0.0253. The zero-order chi connectivity index (χ0) is 44.1. The lowest BCUT2D eigenvalue weighted by molar-refractivity contribution is 0.0437. The van der Waals surface area contributed by atoms with Crippen molar-refractivity contribution in [3.63, 3.8) is 0 Å². The number of aryl methyl sites for hydroxylation is 4. The SMILES string of the molecule is O=Cc1ccccc1CCCOC(=O)c1cc(C(=O)OCCCc2ccccc2C=O)c(C(=O)OCCCc2ccccc2C=O)cc1C(=O)OCCCc1ccccc1C=O. The van der Waals surface area contributed by atoms with Gasteiger partial charge in [-0.25, -0.2) is 19.2 Å². The zero-order valence-electron chi connectivity index (χ0n) is 34.1. The lowest BCUT2D eigenvalue weighted by atomic mass is 9.97. The highest BCUT2D eigenvalue weighted by Gasteiger charge is 2.29. The fourth-order valence-electron chi connectivity index (χ4n) is 6.80. The van der Waals surface area contributed by atoms with Crippen molar-refractivity contribution in [3.8, 4) is 0 Å². The molecule has 12 nitrogen and oxygen atoms in total. The Kier molecular flexibility index (Phi) is 17.7. The van der Waals surface area contributed by atoms with E-state index in [1.807, 2.05) is 0 Å². The first kappa shape index (κ1) is 45.7. The Labute approximate surface area is 359 Å². The van der Waals surface area contributed by atoms with E-state index in [-0.39, 0.29) is 48.7 Å². The first-order valence-electron chi connectivity index (χ1n) is 20.3.